The van der Waals surface area contributed by atoms with Gasteiger partial charge >= 0.3 is 0 Å². The molecule has 0 bridgehead atoms. The largest absolute Gasteiger partial charge is 0.364 e. The molecule has 3 rings (SSSR count). The van der Waals surface area contributed by atoms with E-state index in [1.54, 1.807) is 6.92 Å². The van der Waals surface area contributed by atoms with Crippen LogP contribution < -0.4 is 11.5 Å². The van der Waals surface area contributed by atoms with E-state index < -0.39 is 5.91 Å². The van der Waals surface area contributed by atoms with Crippen LogP contribution in [0.1, 0.15) is 21.6 Å². The van der Waals surface area contributed by atoms with Gasteiger partial charge in [0.1, 0.15) is 11.5 Å². The number of H-pyrrole nitrogens is 1. The Morgan fingerprint density at radius 1 is 1.23 bits per heavy atom. The third-order valence-corrected chi connectivity index (χ3v) is 3.88. The zero-order valence-electron chi connectivity index (χ0n) is 12.1. The van der Waals surface area contributed by atoms with E-state index in [0.717, 1.165) is 11.1 Å². The van der Waals surface area contributed by atoms with Gasteiger partial charge in [-0.05, 0) is 35.7 Å². The van der Waals surface area contributed by atoms with Crippen molar-refractivity contribution >= 4 is 16.8 Å². The number of aromatic nitrogens is 1. The van der Waals surface area contributed by atoms with Gasteiger partial charge in [-0.15, -0.1) is 0 Å². The minimum atomic E-state index is -0.557. The molecule has 0 aliphatic rings. The Morgan fingerprint density at radius 3 is 2.50 bits per heavy atom. The topological polar surface area (TPSA) is 84.9 Å². The summed E-state index contributed by atoms with van der Waals surface area (Å²) in [5, 5.41) is 0.659. The van der Waals surface area contributed by atoms with Gasteiger partial charge in [-0.2, -0.15) is 0 Å². The first kappa shape index (κ1) is 14.3. The summed E-state index contributed by atoms with van der Waals surface area (Å²) >= 11 is 0. The number of rotatable bonds is 3. The van der Waals surface area contributed by atoms with Crippen LogP contribution in [0.4, 0.5) is 4.39 Å². The van der Waals surface area contributed by atoms with Crippen molar-refractivity contribution in [3.63, 3.8) is 0 Å². The normalized spacial score (nSPS) is 11.0. The number of nitrogens with two attached hydrogens (primary N) is 2. The van der Waals surface area contributed by atoms with Crippen LogP contribution in [-0.2, 0) is 6.54 Å². The van der Waals surface area contributed by atoms with Crippen molar-refractivity contribution in [3.8, 4) is 11.1 Å². The molecule has 1 amide bonds. The summed E-state index contributed by atoms with van der Waals surface area (Å²) in [6, 6.07) is 10.4. The maximum absolute atomic E-state index is 14.0. The second-order valence-corrected chi connectivity index (χ2v) is 5.27. The highest BCUT2D eigenvalue weighted by Gasteiger charge is 2.16. The highest BCUT2D eigenvalue weighted by Crippen LogP contribution is 2.32. The Kier molecular flexibility index (Phi) is 3.42. The lowest BCUT2D eigenvalue weighted by Crippen LogP contribution is -2.12. The molecule has 0 aliphatic carbocycles. The van der Waals surface area contributed by atoms with Crippen molar-refractivity contribution < 1.29 is 9.18 Å². The van der Waals surface area contributed by atoms with Crippen LogP contribution in [0.15, 0.2) is 36.4 Å². The third kappa shape index (κ3) is 2.25. The summed E-state index contributed by atoms with van der Waals surface area (Å²) in [6.45, 7) is 2.20. The van der Waals surface area contributed by atoms with E-state index in [1.807, 2.05) is 24.3 Å². The predicted octanol–water partition coefficient (Wildman–Crippen LogP) is 2.84. The van der Waals surface area contributed by atoms with E-state index in [4.69, 9.17) is 11.5 Å². The maximum Gasteiger partial charge on any atom is 0.265 e. The van der Waals surface area contributed by atoms with Crippen molar-refractivity contribution in [1.82, 2.24) is 4.98 Å². The molecule has 0 spiro atoms. The van der Waals surface area contributed by atoms with E-state index in [9.17, 15) is 9.18 Å². The summed E-state index contributed by atoms with van der Waals surface area (Å²) < 4.78 is 14.0. The van der Waals surface area contributed by atoms with E-state index in [2.05, 4.69) is 4.98 Å². The smallest absolute Gasteiger partial charge is 0.265 e. The van der Waals surface area contributed by atoms with Crippen molar-refractivity contribution in [2.24, 2.45) is 11.5 Å². The van der Waals surface area contributed by atoms with Crippen molar-refractivity contribution in [2.45, 2.75) is 13.5 Å². The summed E-state index contributed by atoms with van der Waals surface area (Å²) in [6.07, 6.45) is 0. The monoisotopic (exact) mass is 297 g/mol. The van der Waals surface area contributed by atoms with Crippen LogP contribution in [0.25, 0.3) is 22.0 Å². The molecule has 1 heterocycles. The molecular formula is C17H16FN3O. The molecule has 0 saturated carbocycles. The maximum atomic E-state index is 14.0. The van der Waals surface area contributed by atoms with Crippen LogP contribution in [-0.4, -0.2) is 10.9 Å². The molecular weight excluding hydrogens is 281 g/mol. The van der Waals surface area contributed by atoms with Crippen LogP contribution in [0.2, 0.25) is 0 Å². The fraction of sp³-hybridized carbons (Fsp3) is 0.118. The summed E-state index contributed by atoms with van der Waals surface area (Å²) in [5.74, 6) is -0.915. The summed E-state index contributed by atoms with van der Waals surface area (Å²) in [7, 11) is 0. The predicted molar refractivity (Wildman–Crippen MR) is 84.8 cm³/mol. The highest BCUT2D eigenvalue weighted by atomic mass is 19.1. The number of halogens is 1. The third-order valence-electron chi connectivity index (χ3n) is 3.88. The van der Waals surface area contributed by atoms with E-state index in [1.165, 1.54) is 12.1 Å². The first-order valence-corrected chi connectivity index (χ1v) is 6.92. The number of primary amides is 1. The SMILES string of the molecule is Cc1c(C(N)=O)[nH]c2c(-c3ccc(CN)cc3)cc(F)cc12. The Balaban J connectivity index is 2.28. The van der Waals surface area contributed by atoms with E-state index in [0.29, 0.717) is 34.3 Å². The number of aryl methyl sites for hydroxylation is 1. The summed E-state index contributed by atoms with van der Waals surface area (Å²) in [5.41, 5.74) is 15.2. The number of amides is 1. The number of fused-ring (bicyclic) bond motifs is 1. The molecule has 112 valence electrons. The number of hydrogen-bond donors (Lipinski definition) is 3. The Labute approximate surface area is 126 Å². The standard InChI is InChI=1S/C17H16FN3O/c1-9-13-6-12(18)7-14(16(13)21-15(9)17(20)22)11-4-2-10(8-19)3-5-11/h2-7,21H,8,19H2,1H3,(H2,20,22). The Morgan fingerprint density at radius 2 is 1.91 bits per heavy atom. The number of aromatic amines is 1. The molecule has 0 unspecified atom stereocenters. The zero-order valence-corrected chi connectivity index (χ0v) is 12.1. The lowest BCUT2D eigenvalue weighted by atomic mass is 10.0. The van der Waals surface area contributed by atoms with Gasteiger partial charge in [0.2, 0.25) is 0 Å². The quantitative estimate of drug-likeness (QED) is 0.694. The molecule has 0 aliphatic heterocycles. The van der Waals surface area contributed by atoms with Gasteiger partial charge in [0.25, 0.3) is 5.91 Å². The first-order chi connectivity index (χ1) is 10.5. The van der Waals surface area contributed by atoms with Crippen molar-refractivity contribution in [3.05, 3.63) is 59.0 Å². The summed E-state index contributed by atoms with van der Waals surface area (Å²) in [4.78, 5) is 14.5. The van der Waals surface area contributed by atoms with Crippen molar-refractivity contribution in [2.75, 3.05) is 0 Å². The van der Waals surface area contributed by atoms with Crippen LogP contribution in [0, 0.1) is 12.7 Å². The minimum Gasteiger partial charge on any atom is -0.364 e. The molecule has 0 atom stereocenters. The number of hydrogen-bond acceptors (Lipinski definition) is 2. The molecule has 0 radical (unpaired) electrons. The van der Waals surface area contributed by atoms with Crippen LogP contribution in [0.5, 0.6) is 0 Å². The number of carbonyl (C=O) groups excluding carboxylic acids is 1. The fourth-order valence-corrected chi connectivity index (χ4v) is 2.69. The lowest BCUT2D eigenvalue weighted by molar-refractivity contribution is 0.0996. The van der Waals surface area contributed by atoms with Gasteiger partial charge in [-0.3, -0.25) is 4.79 Å². The van der Waals surface area contributed by atoms with Gasteiger partial charge in [0.05, 0.1) is 5.52 Å². The molecule has 1 aromatic heterocycles. The molecule has 4 nitrogen and oxygen atoms in total. The average molecular weight is 297 g/mol. The molecule has 3 aromatic rings. The average Bonchev–Trinajstić information content (AvgIpc) is 2.84. The second-order valence-electron chi connectivity index (χ2n) is 5.27. The molecule has 5 N–H and O–H groups in total. The zero-order chi connectivity index (χ0) is 15.9. The first-order valence-electron chi connectivity index (χ1n) is 6.92. The van der Waals surface area contributed by atoms with E-state index in [-0.39, 0.29) is 5.82 Å². The van der Waals surface area contributed by atoms with Gasteiger partial charge in [0.15, 0.2) is 0 Å². The van der Waals surface area contributed by atoms with Crippen molar-refractivity contribution in [1.29, 1.82) is 0 Å². The Bertz CT molecular complexity index is 866. The number of nitrogens with one attached hydrogen (secondary N) is 1. The molecule has 0 saturated heterocycles. The number of benzene rings is 2. The lowest BCUT2D eigenvalue weighted by Gasteiger charge is -2.06. The highest BCUT2D eigenvalue weighted by molar-refractivity contribution is 6.04. The number of carbonyl (C=O) groups is 1. The van der Waals surface area contributed by atoms with Gasteiger partial charge < -0.3 is 16.5 Å². The molecule has 2 aromatic carbocycles. The molecule has 0 fully saturated rings. The van der Waals surface area contributed by atoms with E-state index >= 15 is 0 Å². The second kappa shape index (κ2) is 5.27. The molecule has 5 heteroatoms. The fourth-order valence-electron chi connectivity index (χ4n) is 2.69. The van der Waals surface area contributed by atoms with Gasteiger partial charge in [-0.1, -0.05) is 24.3 Å². The van der Waals surface area contributed by atoms with Gasteiger partial charge in [-0.25, -0.2) is 4.39 Å². The van der Waals surface area contributed by atoms with Crippen LogP contribution >= 0.6 is 0 Å². The minimum absolute atomic E-state index is 0.306. The Hall–Kier alpha value is -2.66. The molecule has 22 heavy (non-hydrogen) atoms. The van der Waals surface area contributed by atoms with Gasteiger partial charge in [0, 0.05) is 17.5 Å². The van der Waals surface area contributed by atoms with Crippen LogP contribution in [0.3, 0.4) is 0 Å².